The third-order valence-corrected chi connectivity index (χ3v) is 6.86. The van der Waals surface area contributed by atoms with E-state index in [0.29, 0.717) is 0 Å². The lowest BCUT2D eigenvalue weighted by molar-refractivity contribution is -0.371. The van der Waals surface area contributed by atoms with Gasteiger partial charge in [0.25, 0.3) is 0 Å². The van der Waals surface area contributed by atoms with Gasteiger partial charge in [-0.25, -0.2) is 0 Å². The summed E-state index contributed by atoms with van der Waals surface area (Å²) in [6.07, 6.45) is -20.1. The van der Waals surface area contributed by atoms with Gasteiger partial charge < -0.3 is 75.2 Å². The summed E-state index contributed by atoms with van der Waals surface area (Å²) in [6, 6.07) is -2.80. The average Bonchev–Trinajstić information content (AvgIpc) is 2.87. The van der Waals surface area contributed by atoms with Gasteiger partial charge in [0.05, 0.1) is 19.3 Å². The van der Waals surface area contributed by atoms with Gasteiger partial charge in [0.1, 0.15) is 67.0 Å². The van der Waals surface area contributed by atoms with Crippen molar-refractivity contribution < 1.29 is 74.1 Å². The summed E-state index contributed by atoms with van der Waals surface area (Å²) < 4.78 is 28.1. The molecule has 2 amide bonds. The van der Waals surface area contributed by atoms with E-state index in [1.807, 2.05) is 0 Å². The molecule has 3 heterocycles. The Morgan fingerprint density at radius 2 is 1.08 bits per heavy atom. The Labute approximate surface area is 223 Å². The lowest BCUT2D eigenvalue weighted by Crippen LogP contribution is -2.69. The molecule has 226 valence electrons. The Kier molecular flexibility index (Phi) is 11.0. The zero-order chi connectivity index (χ0) is 29.2. The summed E-state index contributed by atoms with van der Waals surface area (Å²) in [5, 5.41) is 87.1. The minimum Gasteiger partial charge on any atom is -0.394 e. The number of hydrogen-bond donors (Lipinski definition) is 10. The third-order valence-electron chi connectivity index (χ3n) is 6.86. The van der Waals surface area contributed by atoms with E-state index in [1.165, 1.54) is 6.92 Å². The third kappa shape index (κ3) is 7.02. The SMILES string of the molecule is CC(=O)N[C@@H]1[C@@H](O[C@@H]2[C@@H](O)[C@H](C)O[C@@H](O)[C@@H]2O[C@H]2O[C@H](CO)[C@@H](O)[C@H](O)[C@H]2NC(C)=O)O[C@H](CO)[C@@H](O)[C@@H]1O. The van der Waals surface area contributed by atoms with Crippen molar-refractivity contribution in [1.82, 2.24) is 10.6 Å². The summed E-state index contributed by atoms with van der Waals surface area (Å²) in [4.78, 5) is 23.5. The van der Waals surface area contributed by atoms with Crippen molar-refractivity contribution >= 4 is 11.8 Å². The van der Waals surface area contributed by atoms with Crippen molar-refractivity contribution in [3.63, 3.8) is 0 Å². The first-order valence-electron chi connectivity index (χ1n) is 12.4. The Hall–Kier alpha value is -1.58. The maximum absolute atomic E-state index is 11.8. The van der Waals surface area contributed by atoms with Crippen molar-refractivity contribution in [2.75, 3.05) is 13.2 Å². The molecule has 3 aliphatic heterocycles. The molecule has 17 nitrogen and oxygen atoms in total. The fourth-order valence-electron chi connectivity index (χ4n) is 4.79. The summed E-state index contributed by atoms with van der Waals surface area (Å²) in [6.45, 7) is 2.18. The van der Waals surface area contributed by atoms with Crippen LogP contribution >= 0.6 is 0 Å². The lowest BCUT2D eigenvalue weighted by atomic mass is 9.95. The van der Waals surface area contributed by atoms with Gasteiger partial charge in [-0.05, 0) is 6.92 Å². The summed E-state index contributed by atoms with van der Waals surface area (Å²) in [7, 11) is 0. The van der Waals surface area contributed by atoms with E-state index in [9.17, 15) is 50.4 Å². The molecule has 17 heteroatoms. The summed E-state index contributed by atoms with van der Waals surface area (Å²) in [5.74, 6) is -1.26. The smallest absolute Gasteiger partial charge is 0.217 e. The first-order chi connectivity index (χ1) is 18.3. The van der Waals surface area contributed by atoms with Crippen LogP contribution in [0.25, 0.3) is 0 Å². The molecule has 0 aromatic heterocycles. The van der Waals surface area contributed by atoms with Crippen LogP contribution < -0.4 is 10.6 Å². The molecule has 0 aromatic carbocycles. The second-order valence-corrected chi connectivity index (χ2v) is 9.79. The minimum absolute atomic E-state index is 0.629. The van der Waals surface area contributed by atoms with Crippen molar-refractivity contribution in [2.45, 2.75) is 113 Å². The van der Waals surface area contributed by atoms with Crippen LogP contribution in [0, 0.1) is 0 Å². The number of amides is 2. The van der Waals surface area contributed by atoms with Crippen LogP contribution in [-0.2, 0) is 33.3 Å². The molecule has 0 bridgehead atoms. The summed E-state index contributed by atoms with van der Waals surface area (Å²) in [5.41, 5.74) is 0. The fraction of sp³-hybridized carbons (Fsp3) is 0.909. The number of nitrogens with one attached hydrogen (secondary N) is 2. The van der Waals surface area contributed by atoms with Gasteiger partial charge in [-0.2, -0.15) is 0 Å². The molecule has 0 radical (unpaired) electrons. The highest BCUT2D eigenvalue weighted by molar-refractivity contribution is 5.73. The molecule has 39 heavy (non-hydrogen) atoms. The first kappa shape index (κ1) is 31.9. The molecule has 3 aliphatic rings. The van der Waals surface area contributed by atoms with E-state index in [4.69, 9.17) is 23.7 Å². The zero-order valence-corrected chi connectivity index (χ0v) is 21.5. The highest BCUT2D eigenvalue weighted by Gasteiger charge is 2.53. The van der Waals surface area contributed by atoms with Gasteiger partial charge in [0.15, 0.2) is 18.9 Å². The van der Waals surface area contributed by atoms with Crippen molar-refractivity contribution in [1.29, 1.82) is 0 Å². The average molecular weight is 571 g/mol. The number of carbonyl (C=O) groups is 2. The maximum Gasteiger partial charge on any atom is 0.217 e. The van der Waals surface area contributed by atoms with E-state index in [0.717, 1.165) is 13.8 Å². The normalized spacial score (nSPS) is 46.9. The number of ether oxygens (including phenoxy) is 5. The Bertz CT molecular complexity index is 837. The van der Waals surface area contributed by atoms with Gasteiger partial charge in [0.2, 0.25) is 11.8 Å². The highest BCUT2D eigenvalue weighted by atomic mass is 16.8. The molecule has 0 unspecified atom stereocenters. The van der Waals surface area contributed by atoms with Crippen LogP contribution in [0.4, 0.5) is 0 Å². The van der Waals surface area contributed by atoms with Crippen LogP contribution in [0.5, 0.6) is 0 Å². The van der Waals surface area contributed by atoms with E-state index in [1.54, 1.807) is 0 Å². The predicted molar refractivity (Wildman–Crippen MR) is 123 cm³/mol. The van der Waals surface area contributed by atoms with E-state index >= 15 is 0 Å². The predicted octanol–water partition coefficient (Wildman–Crippen LogP) is -6.26. The van der Waals surface area contributed by atoms with Crippen molar-refractivity contribution in [2.24, 2.45) is 0 Å². The first-order valence-corrected chi connectivity index (χ1v) is 12.4. The van der Waals surface area contributed by atoms with E-state index < -0.39 is 117 Å². The quantitative estimate of drug-likeness (QED) is 0.130. The zero-order valence-electron chi connectivity index (χ0n) is 21.5. The number of carbonyl (C=O) groups excluding carboxylic acids is 2. The number of aliphatic hydroxyl groups excluding tert-OH is 8. The van der Waals surface area contributed by atoms with Crippen LogP contribution in [0.2, 0.25) is 0 Å². The van der Waals surface area contributed by atoms with Gasteiger partial charge in [-0.3, -0.25) is 9.59 Å². The second kappa shape index (κ2) is 13.4. The van der Waals surface area contributed by atoms with Crippen LogP contribution in [-0.4, -0.2) is 158 Å². The van der Waals surface area contributed by atoms with Gasteiger partial charge in [0, 0.05) is 13.8 Å². The van der Waals surface area contributed by atoms with Crippen molar-refractivity contribution in [3.05, 3.63) is 0 Å². The Morgan fingerprint density at radius 3 is 1.46 bits per heavy atom. The standard InChI is InChI=1S/C22H38N2O15/c1-6-13(29)18(38-21-11(23-7(2)27)16(32)14(30)9(4-25)36-21)19(20(34)35-6)39-22-12(24-8(3)28)17(33)15(31)10(5-26)37-22/h6,9-22,25-26,29-34H,4-5H2,1-3H3,(H,23,27)(H,24,28)/t6-,9+,10+,11-,12+,13-,14+,15+,16+,17+,18+,19+,20+,21+,22+/m0/s1. The molecule has 0 aliphatic carbocycles. The maximum atomic E-state index is 11.8. The molecule has 3 fully saturated rings. The lowest BCUT2D eigenvalue weighted by Gasteiger charge is -2.49. The van der Waals surface area contributed by atoms with E-state index in [2.05, 4.69) is 10.6 Å². The molecule has 3 rings (SSSR count). The second-order valence-electron chi connectivity index (χ2n) is 9.79. The molecule has 10 N–H and O–H groups in total. The topological polar surface area (TPSA) is 266 Å². The number of hydrogen-bond acceptors (Lipinski definition) is 15. The molecule has 3 saturated heterocycles. The van der Waals surface area contributed by atoms with Crippen molar-refractivity contribution in [3.8, 4) is 0 Å². The monoisotopic (exact) mass is 570 g/mol. The Balaban J connectivity index is 1.91. The summed E-state index contributed by atoms with van der Waals surface area (Å²) >= 11 is 0. The highest BCUT2D eigenvalue weighted by Crippen LogP contribution is 2.32. The molecule has 0 saturated carbocycles. The fourth-order valence-corrected chi connectivity index (χ4v) is 4.79. The molecule has 0 aromatic rings. The van der Waals surface area contributed by atoms with Crippen LogP contribution in [0.3, 0.4) is 0 Å². The largest absolute Gasteiger partial charge is 0.394 e. The van der Waals surface area contributed by atoms with Crippen LogP contribution in [0.15, 0.2) is 0 Å². The molecule has 0 spiro atoms. The minimum atomic E-state index is -1.81. The van der Waals surface area contributed by atoms with Gasteiger partial charge in [-0.15, -0.1) is 0 Å². The van der Waals surface area contributed by atoms with E-state index in [-0.39, 0.29) is 0 Å². The molecular weight excluding hydrogens is 532 g/mol. The van der Waals surface area contributed by atoms with Crippen LogP contribution in [0.1, 0.15) is 20.8 Å². The van der Waals surface area contributed by atoms with Gasteiger partial charge >= 0.3 is 0 Å². The van der Waals surface area contributed by atoms with Gasteiger partial charge in [-0.1, -0.05) is 0 Å². The number of rotatable bonds is 8. The Morgan fingerprint density at radius 1 is 0.667 bits per heavy atom. The number of aliphatic hydroxyl groups is 8. The molecule has 15 atom stereocenters. The molecular formula is C22H38N2O15.